The van der Waals surface area contributed by atoms with Gasteiger partial charge in [-0.1, -0.05) is 36.4 Å². The molecule has 25 heavy (non-hydrogen) atoms. The Kier molecular flexibility index (Phi) is 3.54. The Bertz CT molecular complexity index is 1100. The van der Waals surface area contributed by atoms with E-state index in [0.29, 0.717) is 11.3 Å². The lowest BCUT2D eigenvalue weighted by Crippen LogP contribution is -2.13. The number of carbonyl (C=O) groups excluding carboxylic acids is 1. The number of aromatic nitrogens is 1. The summed E-state index contributed by atoms with van der Waals surface area (Å²) in [5, 5.41) is 2.78. The molecule has 0 saturated carbocycles. The highest BCUT2D eigenvalue weighted by molar-refractivity contribution is 7.90. The molecule has 1 aromatic heterocycles. The number of hydrogen-bond acceptors (Lipinski definition) is 3. The highest BCUT2D eigenvalue weighted by Crippen LogP contribution is 2.33. The molecule has 0 atom stereocenters. The Morgan fingerprint density at radius 1 is 0.880 bits per heavy atom. The predicted octanol–water partition coefficient (Wildman–Crippen LogP) is 3.22. The normalized spacial score (nSPS) is 15.2. The van der Waals surface area contributed by atoms with E-state index in [9.17, 15) is 13.2 Å². The fourth-order valence-electron chi connectivity index (χ4n) is 2.85. The summed E-state index contributed by atoms with van der Waals surface area (Å²) in [6, 6.07) is 18.8. The molecule has 1 aliphatic heterocycles. The second kappa shape index (κ2) is 5.75. The number of carbonyl (C=O) groups is 1. The monoisotopic (exact) mass is 350 g/mol. The van der Waals surface area contributed by atoms with Gasteiger partial charge in [-0.05, 0) is 36.4 Å². The lowest BCUT2D eigenvalue weighted by atomic mass is 10.1. The number of anilines is 1. The molecule has 0 bridgehead atoms. The number of amides is 1. The van der Waals surface area contributed by atoms with E-state index in [2.05, 4.69) is 5.32 Å². The summed E-state index contributed by atoms with van der Waals surface area (Å²) >= 11 is 0. The van der Waals surface area contributed by atoms with Gasteiger partial charge in [0.2, 0.25) is 0 Å². The van der Waals surface area contributed by atoms with Crippen molar-refractivity contribution in [2.75, 3.05) is 5.32 Å². The molecule has 1 aliphatic rings. The lowest BCUT2D eigenvalue weighted by Gasteiger charge is -2.09. The molecule has 0 unspecified atom stereocenters. The first-order valence-electron chi connectivity index (χ1n) is 7.68. The molecular formula is C19H14N2O3S. The van der Waals surface area contributed by atoms with Crippen LogP contribution in [0.25, 0.3) is 11.6 Å². The Hall–Kier alpha value is -3.12. The Morgan fingerprint density at radius 2 is 1.60 bits per heavy atom. The third kappa shape index (κ3) is 2.56. The van der Waals surface area contributed by atoms with Crippen molar-refractivity contribution in [3.63, 3.8) is 0 Å². The van der Waals surface area contributed by atoms with Crippen LogP contribution in [0.2, 0.25) is 0 Å². The van der Waals surface area contributed by atoms with Gasteiger partial charge in [-0.15, -0.1) is 0 Å². The van der Waals surface area contributed by atoms with Crippen molar-refractivity contribution < 1.29 is 13.2 Å². The average Bonchev–Trinajstić information content (AvgIpc) is 3.21. The highest BCUT2D eigenvalue weighted by Gasteiger charge is 2.25. The van der Waals surface area contributed by atoms with Gasteiger partial charge in [-0.3, -0.25) is 4.79 Å². The van der Waals surface area contributed by atoms with Crippen LogP contribution in [-0.4, -0.2) is 18.3 Å². The maximum absolute atomic E-state index is 12.8. The van der Waals surface area contributed by atoms with Gasteiger partial charge < -0.3 is 5.32 Å². The largest absolute Gasteiger partial charge is 0.321 e. The van der Waals surface area contributed by atoms with Gasteiger partial charge in [0.1, 0.15) is 0 Å². The van der Waals surface area contributed by atoms with Crippen LogP contribution in [0.5, 0.6) is 0 Å². The van der Waals surface area contributed by atoms with Gasteiger partial charge in [0.05, 0.1) is 16.2 Å². The minimum Gasteiger partial charge on any atom is -0.321 e. The third-order valence-corrected chi connectivity index (χ3v) is 5.76. The van der Waals surface area contributed by atoms with Crippen molar-refractivity contribution in [3.8, 4) is 0 Å². The van der Waals surface area contributed by atoms with E-state index >= 15 is 0 Å². The summed E-state index contributed by atoms with van der Waals surface area (Å²) in [5.74, 6) is -0.244. The zero-order valence-electron chi connectivity index (χ0n) is 13.1. The van der Waals surface area contributed by atoms with Gasteiger partial charge in [-0.25, -0.2) is 12.4 Å². The van der Waals surface area contributed by atoms with Crippen LogP contribution >= 0.6 is 0 Å². The van der Waals surface area contributed by atoms with Crippen LogP contribution in [0, 0.1) is 0 Å². The summed E-state index contributed by atoms with van der Waals surface area (Å²) in [6.45, 7) is 0. The summed E-state index contributed by atoms with van der Waals surface area (Å²) in [5.41, 5.74) is 2.35. The molecule has 1 N–H and O–H groups in total. The van der Waals surface area contributed by atoms with Gasteiger partial charge in [0, 0.05) is 17.4 Å². The van der Waals surface area contributed by atoms with Crippen molar-refractivity contribution >= 4 is 33.3 Å². The molecule has 0 fully saturated rings. The smallest absolute Gasteiger partial charge is 0.268 e. The van der Waals surface area contributed by atoms with Crippen LogP contribution in [-0.2, 0) is 14.8 Å². The molecule has 124 valence electrons. The molecule has 0 spiro atoms. The van der Waals surface area contributed by atoms with Crippen molar-refractivity contribution in [2.45, 2.75) is 4.90 Å². The third-order valence-electron chi connectivity index (χ3n) is 4.05. The minimum absolute atomic E-state index is 0.196. The van der Waals surface area contributed by atoms with Crippen LogP contribution in [0.4, 0.5) is 5.69 Å². The Labute approximate surface area is 145 Å². The molecular weight excluding hydrogens is 336 g/mol. The van der Waals surface area contributed by atoms with Crippen molar-refractivity contribution in [1.29, 1.82) is 0 Å². The van der Waals surface area contributed by atoms with Gasteiger partial charge in [0.15, 0.2) is 0 Å². The van der Waals surface area contributed by atoms with E-state index in [1.165, 1.54) is 10.2 Å². The Morgan fingerprint density at radius 3 is 2.40 bits per heavy atom. The molecule has 2 aromatic carbocycles. The standard InChI is InChI=1S/C19H14N2O3S/c22-19-17(16-10-4-5-11-18(16)20-19)13-14-7-6-12-21(14)25(23,24)15-8-2-1-3-9-15/h1-13H,(H,20,22)/b17-13-. The van der Waals surface area contributed by atoms with E-state index in [4.69, 9.17) is 0 Å². The van der Waals surface area contributed by atoms with Crippen molar-refractivity contribution in [1.82, 2.24) is 3.97 Å². The van der Waals surface area contributed by atoms with Crippen LogP contribution in [0.15, 0.2) is 77.8 Å². The van der Waals surface area contributed by atoms with Crippen LogP contribution < -0.4 is 5.32 Å². The number of nitrogens with one attached hydrogen (secondary N) is 1. The number of fused-ring (bicyclic) bond motifs is 1. The minimum atomic E-state index is -3.72. The zero-order chi connectivity index (χ0) is 17.4. The Balaban J connectivity index is 1.83. The van der Waals surface area contributed by atoms with Crippen LogP contribution in [0.3, 0.4) is 0 Å². The van der Waals surface area contributed by atoms with E-state index in [1.54, 1.807) is 48.5 Å². The lowest BCUT2D eigenvalue weighted by molar-refractivity contribution is -0.110. The first-order chi connectivity index (χ1) is 12.1. The summed E-state index contributed by atoms with van der Waals surface area (Å²) in [6.07, 6.45) is 3.08. The zero-order valence-corrected chi connectivity index (χ0v) is 13.9. The summed E-state index contributed by atoms with van der Waals surface area (Å²) < 4.78 is 26.9. The van der Waals surface area contributed by atoms with Crippen LogP contribution in [0.1, 0.15) is 11.3 Å². The molecule has 2 heterocycles. The number of para-hydroxylation sites is 1. The maximum Gasteiger partial charge on any atom is 0.268 e. The molecule has 3 aromatic rings. The van der Waals surface area contributed by atoms with E-state index in [1.807, 2.05) is 24.3 Å². The van der Waals surface area contributed by atoms with Gasteiger partial charge in [-0.2, -0.15) is 0 Å². The fraction of sp³-hybridized carbons (Fsp3) is 0. The molecule has 6 heteroatoms. The topological polar surface area (TPSA) is 68.2 Å². The second-order valence-electron chi connectivity index (χ2n) is 5.60. The number of benzene rings is 2. The predicted molar refractivity (Wildman–Crippen MR) is 96.4 cm³/mol. The van der Waals surface area contributed by atoms with Gasteiger partial charge >= 0.3 is 0 Å². The van der Waals surface area contributed by atoms with Crippen molar-refractivity contribution in [2.24, 2.45) is 0 Å². The maximum atomic E-state index is 12.8. The summed E-state index contributed by atoms with van der Waals surface area (Å²) in [4.78, 5) is 12.4. The molecule has 0 saturated heterocycles. The molecule has 0 radical (unpaired) electrons. The molecule has 4 rings (SSSR count). The molecule has 1 amide bonds. The van der Waals surface area contributed by atoms with E-state index in [0.717, 1.165) is 11.3 Å². The number of hydrogen-bond donors (Lipinski definition) is 1. The number of nitrogens with zero attached hydrogens (tertiary/aromatic N) is 1. The highest BCUT2D eigenvalue weighted by atomic mass is 32.2. The molecule has 0 aliphatic carbocycles. The van der Waals surface area contributed by atoms with E-state index in [-0.39, 0.29) is 10.8 Å². The first kappa shape index (κ1) is 15.4. The fourth-order valence-corrected chi connectivity index (χ4v) is 4.20. The quantitative estimate of drug-likeness (QED) is 0.738. The molecule has 5 nitrogen and oxygen atoms in total. The average molecular weight is 350 g/mol. The van der Waals surface area contributed by atoms with E-state index < -0.39 is 10.0 Å². The summed E-state index contributed by atoms with van der Waals surface area (Å²) in [7, 11) is -3.72. The number of rotatable bonds is 3. The van der Waals surface area contributed by atoms with Gasteiger partial charge in [0.25, 0.3) is 15.9 Å². The van der Waals surface area contributed by atoms with Crippen molar-refractivity contribution in [3.05, 3.63) is 84.2 Å². The SMILES string of the molecule is O=C1Nc2ccccc2/C1=C/c1cccn1S(=O)(=O)c1ccccc1. The second-order valence-corrected chi connectivity index (χ2v) is 7.42. The first-order valence-corrected chi connectivity index (χ1v) is 9.12.